The quantitative estimate of drug-likeness (QED) is 0.778. The van der Waals surface area contributed by atoms with Crippen LogP contribution in [-0.4, -0.2) is 27.5 Å². The molecule has 2 aromatic carbocycles. The van der Waals surface area contributed by atoms with E-state index in [1.807, 2.05) is 0 Å². The molecule has 1 unspecified atom stereocenters. The Bertz CT molecular complexity index is 913. The minimum absolute atomic E-state index is 0.408. The van der Waals surface area contributed by atoms with Gasteiger partial charge in [-0.2, -0.15) is 17.9 Å². The predicted octanol–water partition coefficient (Wildman–Crippen LogP) is 3.02. The third kappa shape index (κ3) is 5.44. The summed E-state index contributed by atoms with van der Waals surface area (Å²) in [7, 11) is -2.84. The van der Waals surface area contributed by atoms with Crippen LogP contribution in [0.1, 0.15) is 12.5 Å². The van der Waals surface area contributed by atoms with Crippen molar-refractivity contribution in [3.05, 3.63) is 54.1 Å². The lowest BCUT2D eigenvalue weighted by Gasteiger charge is -2.15. The summed E-state index contributed by atoms with van der Waals surface area (Å²) in [4.78, 5) is 11.6. The van der Waals surface area contributed by atoms with Crippen LogP contribution in [0.15, 0.2) is 53.4 Å². The van der Waals surface area contributed by atoms with Crippen LogP contribution in [0.3, 0.4) is 0 Å². The number of rotatable bonds is 6. The van der Waals surface area contributed by atoms with Crippen molar-refractivity contribution in [2.45, 2.75) is 24.0 Å². The maximum Gasteiger partial charge on any atom is 0.416 e. The molecule has 0 radical (unpaired) electrons. The fourth-order valence-electron chi connectivity index (χ4n) is 2.12. The molecular weight excluding hydrogens is 385 g/mol. The van der Waals surface area contributed by atoms with Crippen LogP contribution in [0.5, 0.6) is 5.75 Å². The Hall–Kier alpha value is -2.59. The summed E-state index contributed by atoms with van der Waals surface area (Å²) >= 11 is 0. The van der Waals surface area contributed by atoms with Crippen LogP contribution in [0.4, 0.5) is 18.9 Å². The highest BCUT2D eigenvalue weighted by Crippen LogP contribution is 2.30. The number of carbonyl (C=O) groups excluding carboxylic acids is 1. The highest BCUT2D eigenvalue weighted by molar-refractivity contribution is 7.89. The van der Waals surface area contributed by atoms with E-state index in [4.69, 9.17) is 4.74 Å². The smallest absolute Gasteiger partial charge is 0.416 e. The number of methoxy groups -OCH3 is 1. The number of hydrogen-bond acceptors (Lipinski definition) is 4. The molecule has 2 N–H and O–H groups in total. The molecule has 6 nitrogen and oxygen atoms in total. The largest absolute Gasteiger partial charge is 0.497 e. The topological polar surface area (TPSA) is 84.5 Å². The summed E-state index contributed by atoms with van der Waals surface area (Å²) in [5.41, 5.74) is -0.688. The Kier molecular flexibility index (Phi) is 6.11. The average molecular weight is 402 g/mol. The second kappa shape index (κ2) is 7.97. The number of hydrogen-bond donors (Lipinski definition) is 2. The summed E-state index contributed by atoms with van der Waals surface area (Å²) in [5.74, 6) is -0.0954. The Labute approximate surface area is 154 Å². The average Bonchev–Trinajstić information content (AvgIpc) is 2.61. The van der Waals surface area contributed by atoms with Crippen LogP contribution < -0.4 is 14.8 Å². The SMILES string of the molecule is COc1ccc(NC(=O)C(C)NS(=O)(=O)c2cccc(C(F)(F)F)c2)cc1. The van der Waals surface area contributed by atoms with E-state index in [0.717, 1.165) is 18.2 Å². The fourth-order valence-corrected chi connectivity index (χ4v) is 3.37. The third-order valence-electron chi connectivity index (χ3n) is 3.55. The van der Waals surface area contributed by atoms with E-state index in [1.165, 1.54) is 14.0 Å². The first kappa shape index (κ1) is 20.7. The number of anilines is 1. The molecule has 1 atom stereocenters. The first-order valence-corrected chi connectivity index (χ1v) is 9.16. The van der Waals surface area contributed by atoms with Crippen LogP contribution in [0.25, 0.3) is 0 Å². The van der Waals surface area contributed by atoms with Gasteiger partial charge in [0.15, 0.2) is 0 Å². The maximum absolute atomic E-state index is 12.8. The van der Waals surface area contributed by atoms with Gasteiger partial charge in [0.1, 0.15) is 5.75 Å². The van der Waals surface area contributed by atoms with Crippen molar-refractivity contribution in [3.63, 3.8) is 0 Å². The molecule has 0 spiro atoms. The highest BCUT2D eigenvalue weighted by Gasteiger charge is 2.32. The summed E-state index contributed by atoms with van der Waals surface area (Å²) in [5, 5.41) is 2.50. The third-order valence-corrected chi connectivity index (χ3v) is 5.09. The summed E-state index contributed by atoms with van der Waals surface area (Å²) in [6, 6.07) is 8.39. The van der Waals surface area contributed by atoms with Crippen molar-refractivity contribution >= 4 is 21.6 Å². The standard InChI is InChI=1S/C17H17F3N2O4S/c1-11(16(23)21-13-6-8-14(26-2)9-7-13)22-27(24,25)15-5-3-4-12(10-15)17(18,19)20/h3-11,22H,1-2H3,(H,21,23). The van der Waals surface area contributed by atoms with Crippen molar-refractivity contribution in [1.29, 1.82) is 0 Å². The summed E-state index contributed by atoms with van der Waals surface area (Å²) < 4.78 is 69.9. The molecular formula is C17H17F3N2O4S. The Balaban J connectivity index is 2.10. The van der Waals surface area contributed by atoms with E-state index >= 15 is 0 Å². The normalized spacial score (nSPS) is 13.1. The van der Waals surface area contributed by atoms with Gasteiger partial charge in [-0.1, -0.05) is 6.07 Å². The van der Waals surface area contributed by atoms with E-state index in [0.29, 0.717) is 17.5 Å². The Morgan fingerprint density at radius 2 is 1.74 bits per heavy atom. The summed E-state index contributed by atoms with van der Waals surface area (Å²) in [6.07, 6.45) is -4.68. The van der Waals surface area contributed by atoms with Crippen molar-refractivity contribution in [2.24, 2.45) is 0 Å². The fraction of sp³-hybridized carbons (Fsp3) is 0.235. The molecule has 2 rings (SSSR count). The lowest BCUT2D eigenvalue weighted by atomic mass is 10.2. The molecule has 0 aliphatic rings. The molecule has 0 saturated heterocycles. The van der Waals surface area contributed by atoms with Crippen LogP contribution >= 0.6 is 0 Å². The van der Waals surface area contributed by atoms with Gasteiger partial charge in [-0.15, -0.1) is 0 Å². The van der Waals surface area contributed by atoms with E-state index < -0.39 is 38.6 Å². The molecule has 146 valence electrons. The van der Waals surface area contributed by atoms with E-state index in [2.05, 4.69) is 10.0 Å². The molecule has 0 aromatic heterocycles. The number of carbonyl (C=O) groups is 1. The molecule has 0 saturated carbocycles. The zero-order chi connectivity index (χ0) is 20.2. The van der Waals surface area contributed by atoms with Gasteiger partial charge in [-0.05, 0) is 49.4 Å². The van der Waals surface area contributed by atoms with Crippen LogP contribution in [0, 0.1) is 0 Å². The maximum atomic E-state index is 12.8. The molecule has 0 aliphatic heterocycles. The van der Waals surface area contributed by atoms with Gasteiger partial charge in [0.2, 0.25) is 15.9 Å². The van der Waals surface area contributed by atoms with Gasteiger partial charge in [0.25, 0.3) is 0 Å². The number of benzene rings is 2. The number of amides is 1. The van der Waals surface area contributed by atoms with E-state index in [-0.39, 0.29) is 0 Å². The Morgan fingerprint density at radius 1 is 1.11 bits per heavy atom. The van der Waals surface area contributed by atoms with Gasteiger partial charge in [-0.25, -0.2) is 8.42 Å². The van der Waals surface area contributed by atoms with E-state index in [9.17, 15) is 26.4 Å². The molecule has 0 aliphatic carbocycles. The zero-order valence-electron chi connectivity index (χ0n) is 14.4. The van der Waals surface area contributed by atoms with Gasteiger partial charge in [-0.3, -0.25) is 4.79 Å². The van der Waals surface area contributed by atoms with Crippen molar-refractivity contribution in [3.8, 4) is 5.75 Å². The Morgan fingerprint density at radius 3 is 2.30 bits per heavy atom. The van der Waals surface area contributed by atoms with Gasteiger partial charge < -0.3 is 10.1 Å². The molecule has 1 amide bonds. The molecule has 0 bridgehead atoms. The van der Waals surface area contributed by atoms with Crippen molar-refractivity contribution in [2.75, 3.05) is 12.4 Å². The van der Waals surface area contributed by atoms with Crippen LogP contribution in [-0.2, 0) is 21.0 Å². The first-order chi connectivity index (χ1) is 12.5. The minimum atomic E-state index is -4.68. The molecule has 0 fully saturated rings. The number of halogens is 3. The second-order valence-corrected chi connectivity index (χ2v) is 7.30. The molecule has 2 aromatic rings. The van der Waals surface area contributed by atoms with Crippen molar-refractivity contribution < 1.29 is 31.1 Å². The van der Waals surface area contributed by atoms with Gasteiger partial charge >= 0.3 is 6.18 Å². The zero-order valence-corrected chi connectivity index (χ0v) is 15.2. The second-order valence-electron chi connectivity index (χ2n) is 5.59. The molecule has 0 heterocycles. The van der Waals surface area contributed by atoms with Crippen molar-refractivity contribution in [1.82, 2.24) is 4.72 Å². The monoisotopic (exact) mass is 402 g/mol. The predicted molar refractivity (Wildman–Crippen MR) is 92.9 cm³/mol. The minimum Gasteiger partial charge on any atom is -0.497 e. The first-order valence-electron chi connectivity index (χ1n) is 7.67. The summed E-state index contributed by atoms with van der Waals surface area (Å²) in [6.45, 7) is 1.28. The van der Waals surface area contributed by atoms with E-state index in [1.54, 1.807) is 24.3 Å². The number of ether oxygens (including phenoxy) is 1. The number of nitrogens with one attached hydrogen (secondary N) is 2. The number of alkyl halides is 3. The lowest BCUT2D eigenvalue weighted by Crippen LogP contribution is -2.41. The highest BCUT2D eigenvalue weighted by atomic mass is 32.2. The molecule has 10 heteroatoms. The molecule has 27 heavy (non-hydrogen) atoms. The van der Waals surface area contributed by atoms with Gasteiger partial charge in [0.05, 0.1) is 23.6 Å². The number of sulfonamides is 1. The van der Waals surface area contributed by atoms with Crippen LogP contribution in [0.2, 0.25) is 0 Å². The lowest BCUT2D eigenvalue weighted by molar-refractivity contribution is -0.137. The van der Waals surface area contributed by atoms with Gasteiger partial charge in [0, 0.05) is 5.69 Å².